The second-order valence-electron chi connectivity index (χ2n) is 9.87. The molecule has 4 heterocycles. The highest BCUT2D eigenvalue weighted by atomic mass is 19.4. The molecule has 2 amide bonds. The molecule has 11 nitrogen and oxygen atoms in total. The molecule has 2 atom stereocenters. The Balaban J connectivity index is 0.000000367. The van der Waals surface area contributed by atoms with E-state index < -0.39 is 24.3 Å². The van der Waals surface area contributed by atoms with Crippen LogP contribution in [0, 0.1) is 11.8 Å². The Kier molecular flexibility index (Phi) is 11.7. The maximum Gasteiger partial charge on any atom is 0.490 e. The fourth-order valence-corrected chi connectivity index (χ4v) is 5.65. The van der Waals surface area contributed by atoms with E-state index >= 15 is 0 Å². The van der Waals surface area contributed by atoms with Crippen molar-refractivity contribution in [3.8, 4) is 0 Å². The molecule has 0 aliphatic carbocycles. The van der Waals surface area contributed by atoms with Crippen LogP contribution in [0.5, 0.6) is 0 Å². The number of hydrogen-bond donors (Lipinski definition) is 2. The predicted molar refractivity (Wildman–Crippen MR) is 132 cm³/mol. The van der Waals surface area contributed by atoms with Crippen LogP contribution in [0.15, 0.2) is 24.5 Å². The van der Waals surface area contributed by atoms with Gasteiger partial charge in [-0.05, 0) is 31.4 Å². The topological polar surface area (TPSA) is 141 Å². The number of carbonyl (C=O) groups is 4. The number of rotatable bonds is 5. The number of ether oxygens (including phenoxy) is 1. The van der Waals surface area contributed by atoms with Crippen molar-refractivity contribution in [2.75, 3.05) is 46.4 Å². The fourth-order valence-electron chi connectivity index (χ4n) is 5.65. The van der Waals surface area contributed by atoms with Gasteiger partial charge in [0, 0.05) is 64.7 Å². The fraction of sp³-hybridized carbons (Fsp3) is 0.640. The van der Waals surface area contributed by atoms with Crippen LogP contribution >= 0.6 is 0 Å². The molecule has 3 fully saturated rings. The molecule has 3 aliphatic rings. The lowest BCUT2D eigenvalue weighted by atomic mass is 9.75. The lowest BCUT2D eigenvalue weighted by Gasteiger charge is -2.47. The van der Waals surface area contributed by atoms with E-state index in [0.29, 0.717) is 24.9 Å². The average Bonchev–Trinajstić information content (AvgIpc) is 3.41. The molecule has 2 N–H and O–H groups in total. The molecule has 3 saturated heterocycles. The lowest BCUT2D eigenvalue weighted by molar-refractivity contribution is -0.193. The highest BCUT2D eigenvalue weighted by Crippen LogP contribution is 2.49. The van der Waals surface area contributed by atoms with Gasteiger partial charge in [0.2, 0.25) is 11.8 Å². The third kappa shape index (κ3) is 8.53. The van der Waals surface area contributed by atoms with Gasteiger partial charge >= 0.3 is 24.3 Å². The highest BCUT2D eigenvalue weighted by Gasteiger charge is 2.61. The molecule has 0 saturated carbocycles. The van der Waals surface area contributed by atoms with Gasteiger partial charge in [-0.3, -0.25) is 19.5 Å². The van der Waals surface area contributed by atoms with Crippen molar-refractivity contribution in [1.29, 1.82) is 0 Å². The lowest BCUT2D eigenvalue weighted by Crippen LogP contribution is -2.58. The van der Waals surface area contributed by atoms with E-state index in [0.717, 1.165) is 39.0 Å². The number of carboxylic acid groups (broad SMARTS) is 2. The van der Waals surface area contributed by atoms with E-state index in [9.17, 15) is 35.9 Å². The maximum absolute atomic E-state index is 13.2. The minimum absolute atomic E-state index is 0.0471. The number of alkyl halides is 6. The number of carboxylic acids is 2. The number of aliphatic carboxylic acids is 2. The first kappa shape index (κ1) is 34.7. The number of aromatic nitrogens is 1. The Bertz CT molecular complexity index is 1070. The number of likely N-dealkylation sites (tertiary alicyclic amines) is 3. The third-order valence-electron chi connectivity index (χ3n) is 7.39. The monoisotopic (exact) mass is 614 g/mol. The van der Waals surface area contributed by atoms with Crippen molar-refractivity contribution < 1.29 is 60.5 Å². The quantitative estimate of drug-likeness (QED) is 0.478. The van der Waals surface area contributed by atoms with E-state index in [1.807, 2.05) is 17.2 Å². The largest absolute Gasteiger partial charge is 0.490 e. The van der Waals surface area contributed by atoms with Crippen molar-refractivity contribution in [3.63, 3.8) is 0 Å². The summed E-state index contributed by atoms with van der Waals surface area (Å²) in [4.78, 5) is 53.8. The summed E-state index contributed by atoms with van der Waals surface area (Å²) in [6, 6.07) is 4.06. The van der Waals surface area contributed by atoms with Crippen molar-refractivity contribution in [2.24, 2.45) is 11.8 Å². The van der Waals surface area contributed by atoms with Crippen LogP contribution in [0.3, 0.4) is 0 Å². The molecule has 4 rings (SSSR count). The summed E-state index contributed by atoms with van der Waals surface area (Å²) in [5, 5.41) is 14.2. The number of nitrogens with zero attached hydrogens (tertiary/aromatic N) is 4. The number of amides is 2. The third-order valence-corrected chi connectivity index (χ3v) is 7.39. The van der Waals surface area contributed by atoms with Gasteiger partial charge in [0.1, 0.15) is 6.61 Å². The Morgan fingerprint density at radius 1 is 1.05 bits per heavy atom. The number of methoxy groups -OCH3 is 1. The summed E-state index contributed by atoms with van der Waals surface area (Å²) >= 11 is 0. The summed E-state index contributed by atoms with van der Waals surface area (Å²) < 4.78 is 68.5. The van der Waals surface area contributed by atoms with Gasteiger partial charge in [-0.2, -0.15) is 26.3 Å². The molecular formula is C25H32F6N4O7. The molecule has 0 radical (unpaired) electrons. The summed E-state index contributed by atoms with van der Waals surface area (Å²) in [6.07, 6.45) is -4.74. The van der Waals surface area contributed by atoms with Crippen molar-refractivity contribution in [2.45, 2.75) is 44.2 Å². The second kappa shape index (κ2) is 14.1. The van der Waals surface area contributed by atoms with Crippen LogP contribution in [-0.2, 0) is 30.5 Å². The van der Waals surface area contributed by atoms with E-state index in [2.05, 4.69) is 27.8 Å². The highest BCUT2D eigenvalue weighted by molar-refractivity contribution is 5.84. The zero-order chi connectivity index (χ0) is 31.9. The van der Waals surface area contributed by atoms with Gasteiger partial charge in [0.05, 0.1) is 11.5 Å². The molecule has 0 aromatic carbocycles. The minimum atomic E-state index is -5.08. The van der Waals surface area contributed by atoms with Crippen LogP contribution in [0.2, 0.25) is 0 Å². The van der Waals surface area contributed by atoms with E-state index in [-0.39, 0.29) is 24.0 Å². The first-order chi connectivity index (χ1) is 19.5. The molecule has 1 spiro atoms. The first-order valence-corrected chi connectivity index (χ1v) is 12.8. The zero-order valence-electron chi connectivity index (χ0n) is 22.8. The second-order valence-corrected chi connectivity index (χ2v) is 9.87. The van der Waals surface area contributed by atoms with E-state index in [1.54, 1.807) is 13.3 Å². The van der Waals surface area contributed by atoms with Crippen molar-refractivity contribution in [1.82, 2.24) is 19.7 Å². The molecule has 1 aromatic rings. The molecule has 0 bridgehead atoms. The number of fused-ring (bicyclic) bond motifs is 2. The standard InChI is InChI=1S/C21H30N4O3.2C2HF3O2/c1-3-25-20(27)17-13-23(12-16-5-4-8-22-11-16)14-18(17)21(25)6-9-24(10-7-21)19(26)15-28-2;2*3-2(4,5)1(6)7/h4-5,8,11,17-18H,3,6-7,9-10,12-15H2,1-2H3;2*(H,6,7)/t17-,18+;;/m0../s1. The molecule has 3 aliphatic heterocycles. The van der Waals surface area contributed by atoms with Gasteiger partial charge < -0.3 is 24.7 Å². The van der Waals surface area contributed by atoms with Gasteiger partial charge in [0.25, 0.3) is 0 Å². The van der Waals surface area contributed by atoms with Crippen molar-refractivity contribution in [3.05, 3.63) is 30.1 Å². The Labute approximate surface area is 237 Å². The average molecular weight is 615 g/mol. The molecule has 17 heteroatoms. The van der Waals surface area contributed by atoms with Crippen molar-refractivity contribution >= 4 is 23.8 Å². The van der Waals surface area contributed by atoms with Crippen LogP contribution < -0.4 is 0 Å². The number of hydrogen-bond acceptors (Lipinski definition) is 7. The van der Waals surface area contributed by atoms with Gasteiger partial charge in [-0.25, -0.2) is 9.59 Å². The predicted octanol–water partition coefficient (Wildman–Crippen LogP) is 2.27. The summed E-state index contributed by atoms with van der Waals surface area (Å²) in [5.41, 5.74) is 1.08. The summed E-state index contributed by atoms with van der Waals surface area (Å²) in [7, 11) is 1.55. The first-order valence-electron chi connectivity index (χ1n) is 12.8. The Morgan fingerprint density at radius 2 is 1.60 bits per heavy atom. The molecule has 42 heavy (non-hydrogen) atoms. The number of piperidine rings is 1. The summed E-state index contributed by atoms with van der Waals surface area (Å²) in [6.45, 7) is 6.98. The normalized spacial score (nSPS) is 21.7. The van der Waals surface area contributed by atoms with E-state index in [4.69, 9.17) is 24.5 Å². The SMILES string of the molecule is CCN1C(=O)[C@H]2CN(Cc3cccnc3)C[C@H]2C12CCN(C(=O)COC)CC2.O=C(O)C(F)(F)F.O=C(O)C(F)(F)F. The number of carbonyl (C=O) groups excluding carboxylic acids is 2. The number of halogens is 6. The maximum atomic E-state index is 13.2. The van der Waals surface area contributed by atoms with Gasteiger partial charge in [-0.1, -0.05) is 6.07 Å². The van der Waals surface area contributed by atoms with Crippen LogP contribution in [-0.4, -0.2) is 118 Å². The van der Waals surface area contributed by atoms with Gasteiger partial charge in [0.15, 0.2) is 0 Å². The molecule has 236 valence electrons. The van der Waals surface area contributed by atoms with E-state index in [1.165, 1.54) is 5.56 Å². The Morgan fingerprint density at radius 3 is 2.02 bits per heavy atom. The summed E-state index contributed by atoms with van der Waals surface area (Å²) in [5.74, 6) is -4.74. The van der Waals surface area contributed by atoms with Crippen LogP contribution in [0.1, 0.15) is 25.3 Å². The smallest absolute Gasteiger partial charge is 0.475 e. The Hall–Kier alpha value is -3.47. The van der Waals surface area contributed by atoms with Crippen LogP contribution in [0.4, 0.5) is 26.3 Å². The minimum Gasteiger partial charge on any atom is -0.475 e. The number of pyridine rings is 1. The molecule has 0 unspecified atom stereocenters. The zero-order valence-corrected chi connectivity index (χ0v) is 22.8. The molecular weight excluding hydrogens is 582 g/mol. The van der Waals surface area contributed by atoms with Crippen LogP contribution in [0.25, 0.3) is 0 Å². The van der Waals surface area contributed by atoms with Gasteiger partial charge in [-0.15, -0.1) is 0 Å². The molecule has 1 aromatic heterocycles.